The van der Waals surface area contributed by atoms with Crippen LogP contribution >= 0.6 is 24.0 Å². The maximum Gasteiger partial charge on any atom is 0.191 e. The van der Waals surface area contributed by atoms with Gasteiger partial charge in [0.2, 0.25) is 0 Å². The number of ether oxygens (including phenoxy) is 1. The van der Waals surface area contributed by atoms with Gasteiger partial charge in [0.05, 0.1) is 13.2 Å². The molecule has 0 spiro atoms. The highest BCUT2D eigenvalue weighted by atomic mass is 127. The normalized spacial score (nSPS) is 16.6. The van der Waals surface area contributed by atoms with E-state index < -0.39 is 0 Å². The van der Waals surface area contributed by atoms with Crippen molar-refractivity contribution in [1.29, 1.82) is 0 Å². The van der Waals surface area contributed by atoms with Gasteiger partial charge in [0.25, 0.3) is 0 Å². The highest BCUT2D eigenvalue weighted by molar-refractivity contribution is 14.0. The van der Waals surface area contributed by atoms with E-state index in [4.69, 9.17) is 4.74 Å². The summed E-state index contributed by atoms with van der Waals surface area (Å²) >= 11 is 0. The second kappa shape index (κ2) is 14.0. The smallest absolute Gasteiger partial charge is 0.191 e. The summed E-state index contributed by atoms with van der Waals surface area (Å²) in [5, 5.41) is 6.91. The Hall–Kier alpha value is -0.120. The van der Waals surface area contributed by atoms with E-state index in [9.17, 15) is 0 Å². The molecule has 1 saturated heterocycles. The average Bonchev–Trinajstić information content (AvgIpc) is 2.61. The Kier molecular flexibility index (Phi) is 13.9. The summed E-state index contributed by atoms with van der Waals surface area (Å²) in [6.45, 7) is 18.0. The number of hydrogen-bond donors (Lipinski definition) is 2. The predicted molar refractivity (Wildman–Crippen MR) is 118 cm³/mol. The van der Waals surface area contributed by atoms with Gasteiger partial charge < -0.3 is 20.3 Å². The summed E-state index contributed by atoms with van der Waals surface area (Å²) in [6, 6.07) is 0. The molecule has 1 fully saturated rings. The first-order chi connectivity index (χ1) is 11.5. The van der Waals surface area contributed by atoms with Crippen LogP contribution in [0.5, 0.6) is 0 Å². The summed E-state index contributed by atoms with van der Waals surface area (Å²) in [6.07, 6.45) is 2.40. The first-order valence-electron chi connectivity index (χ1n) is 9.53. The second-order valence-corrected chi connectivity index (χ2v) is 7.00. The van der Waals surface area contributed by atoms with E-state index in [1.54, 1.807) is 0 Å². The number of nitrogens with zero attached hydrogens (tertiary/aromatic N) is 3. The minimum absolute atomic E-state index is 0. The van der Waals surface area contributed by atoms with Crippen LogP contribution in [-0.4, -0.2) is 87.4 Å². The molecule has 7 heteroatoms. The SMILES string of the molecule is CCN(CC)CCCCNC(=NC)NCC(C)(C)N1CCOCC1.I. The molecule has 6 nitrogen and oxygen atoms in total. The Morgan fingerprint density at radius 3 is 2.32 bits per heavy atom. The van der Waals surface area contributed by atoms with E-state index in [2.05, 4.69) is 53.1 Å². The Bertz CT molecular complexity index is 355. The van der Waals surface area contributed by atoms with Crippen molar-refractivity contribution < 1.29 is 4.74 Å². The second-order valence-electron chi connectivity index (χ2n) is 7.00. The van der Waals surface area contributed by atoms with Crippen molar-refractivity contribution in [2.45, 2.75) is 46.1 Å². The van der Waals surface area contributed by atoms with Crippen LogP contribution in [0.3, 0.4) is 0 Å². The van der Waals surface area contributed by atoms with E-state index in [0.717, 1.165) is 58.4 Å². The molecule has 150 valence electrons. The highest BCUT2D eigenvalue weighted by Crippen LogP contribution is 2.14. The average molecular weight is 469 g/mol. The fourth-order valence-electron chi connectivity index (χ4n) is 3.01. The van der Waals surface area contributed by atoms with Crippen molar-refractivity contribution >= 4 is 29.9 Å². The van der Waals surface area contributed by atoms with Gasteiger partial charge in [-0.2, -0.15) is 0 Å². The van der Waals surface area contributed by atoms with Crippen LogP contribution in [0.25, 0.3) is 0 Å². The molecule has 1 heterocycles. The highest BCUT2D eigenvalue weighted by Gasteiger charge is 2.28. The summed E-state index contributed by atoms with van der Waals surface area (Å²) < 4.78 is 5.45. The fraction of sp³-hybridized carbons (Fsp3) is 0.944. The third-order valence-corrected chi connectivity index (χ3v) is 4.87. The third-order valence-electron chi connectivity index (χ3n) is 4.87. The maximum atomic E-state index is 5.45. The van der Waals surface area contributed by atoms with Crippen LogP contribution < -0.4 is 10.6 Å². The molecule has 0 radical (unpaired) electrons. The van der Waals surface area contributed by atoms with Crippen molar-refractivity contribution in [3.63, 3.8) is 0 Å². The van der Waals surface area contributed by atoms with Crippen molar-refractivity contribution in [1.82, 2.24) is 20.4 Å². The van der Waals surface area contributed by atoms with Gasteiger partial charge in [-0.15, -0.1) is 24.0 Å². The number of rotatable bonds is 10. The number of guanidine groups is 1. The van der Waals surface area contributed by atoms with Gasteiger partial charge in [0, 0.05) is 38.8 Å². The number of nitrogens with one attached hydrogen (secondary N) is 2. The molecule has 25 heavy (non-hydrogen) atoms. The largest absolute Gasteiger partial charge is 0.379 e. The van der Waals surface area contributed by atoms with E-state index >= 15 is 0 Å². The third kappa shape index (κ3) is 9.96. The molecule has 1 aliphatic heterocycles. The van der Waals surface area contributed by atoms with Gasteiger partial charge >= 0.3 is 0 Å². The molecule has 0 aromatic heterocycles. The van der Waals surface area contributed by atoms with Crippen LogP contribution in [-0.2, 0) is 4.74 Å². The number of morpholine rings is 1. The Balaban J connectivity index is 0.00000576. The van der Waals surface area contributed by atoms with Gasteiger partial charge in [0.1, 0.15) is 0 Å². The minimum Gasteiger partial charge on any atom is -0.379 e. The first kappa shape index (κ1) is 24.9. The monoisotopic (exact) mass is 469 g/mol. The van der Waals surface area contributed by atoms with E-state index in [1.807, 2.05) is 7.05 Å². The summed E-state index contributed by atoms with van der Waals surface area (Å²) in [7, 11) is 1.84. The zero-order valence-electron chi connectivity index (χ0n) is 16.9. The van der Waals surface area contributed by atoms with Crippen LogP contribution in [0.4, 0.5) is 0 Å². The zero-order chi connectivity index (χ0) is 17.8. The molecule has 0 aliphatic carbocycles. The molecule has 0 aromatic carbocycles. The first-order valence-corrected chi connectivity index (χ1v) is 9.53. The molecule has 0 unspecified atom stereocenters. The zero-order valence-corrected chi connectivity index (χ0v) is 19.3. The molecule has 2 N–H and O–H groups in total. The standard InChI is InChI=1S/C18H39N5O.HI/c1-6-22(7-2)11-9-8-10-20-17(19-5)21-16-18(3,4)23-12-14-24-15-13-23;/h6-16H2,1-5H3,(H2,19,20,21);1H. The molecule has 1 aliphatic rings. The molecule has 0 amide bonds. The van der Waals surface area contributed by atoms with E-state index in [1.165, 1.54) is 19.4 Å². The molecular weight excluding hydrogens is 429 g/mol. The number of unbranched alkanes of at least 4 members (excludes halogenated alkanes) is 1. The quantitative estimate of drug-likeness (QED) is 0.222. The molecule has 0 atom stereocenters. The summed E-state index contributed by atoms with van der Waals surface area (Å²) in [5.41, 5.74) is 0.101. The van der Waals surface area contributed by atoms with Gasteiger partial charge in [-0.1, -0.05) is 13.8 Å². The van der Waals surface area contributed by atoms with Gasteiger partial charge in [0.15, 0.2) is 5.96 Å². The number of halogens is 1. The maximum absolute atomic E-state index is 5.45. The topological polar surface area (TPSA) is 52.1 Å². The predicted octanol–water partition coefficient (Wildman–Crippen LogP) is 2.00. The lowest BCUT2D eigenvalue weighted by molar-refractivity contribution is -0.00833. The van der Waals surface area contributed by atoms with Crippen molar-refractivity contribution in [2.24, 2.45) is 4.99 Å². The minimum atomic E-state index is 0. The summed E-state index contributed by atoms with van der Waals surface area (Å²) in [5.74, 6) is 0.902. The Morgan fingerprint density at radius 1 is 1.12 bits per heavy atom. The Labute approximate surface area is 172 Å². The molecular formula is C18H40IN5O. The molecule has 0 aromatic rings. The van der Waals surface area contributed by atoms with Gasteiger partial charge in [-0.05, 0) is 46.3 Å². The van der Waals surface area contributed by atoms with Gasteiger partial charge in [-0.3, -0.25) is 9.89 Å². The van der Waals surface area contributed by atoms with Crippen LogP contribution in [0.1, 0.15) is 40.5 Å². The van der Waals surface area contributed by atoms with Crippen LogP contribution in [0, 0.1) is 0 Å². The van der Waals surface area contributed by atoms with Crippen LogP contribution in [0.15, 0.2) is 4.99 Å². The van der Waals surface area contributed by atoms with E-state index in [0.29, 0.717) is 0 Å². The van der Waals surface area contributed by atoms with Crippen LogP contribution in [0.2, 0.25) is 0 Å². The lowest BCUT2D eigenvalue weighted by atomic mass is 10.0. The Morgan fingerprint density at radius 2 is 1.76 bits per heavy atom. The molecule has 0 saturated carbocycles. The molecule has 1 rings (SSSR count). The fourth-order valence-corrected chi connectivity index (χ4v) is 3.01. The molecule has 0 bridgehead atoms. The number of hydrogen-bond acceptors (Lipinski definition) is 4. The van der Waals surface area contributed by atoms with Crippen molar-refractivity contribution in [3.8, 4) is 0 Å². The van der Waals surface area contributed by atoms with Crippen molar-refractivity contribution in [3.05, 3.63) is 0 Å². The lowest BCUT2D eigenvalue weighted by Crippen LogP contribution is -2.56. The van der Waals surface area contributed by atoms with Crippen molar-refractivity contribution in [2.75, 3.05) is 66.1 Å². The van der Waals surface area contributed by atoms with Gasteiger partial charge in [-0.25, -0.2) is 0 Å². The van der Waals surface area contributed by atoms with E-state index in [-0.39, 0.29) is 29.5 Å². The lowest BCUT2D eigenvalue weighted by Gasteiger charge is -2.41. The summed E-state index contributed by atoms with van der Waals surface area (Å²) in [4.78, 5) is 9.30. The number of aliphatic imine (C=N–C) groups is 1.